The van der Waals surface area contributed by atoms with Gasteiger partial charge in [-0.05, 0) is 24.6 Å². The predicted octanol–water partition coefficient (Wildman–Crippen LogP) is 2.15. The van der Waals surface area contributed by atoms with E-state index in [9.17, 15) is 9.59 Å². The number of para-hydroxylation sites is 1. The molecule has 0 radical (unpaired) electrons. The highest BCUT2D eigenvalue weighted by Gasteiger charge is 2.31. The SMILES string of the molecule is C[C@H]1CN(C(=O)c2ccccc2OCC(N)=O)C[C@@H](c2ccccc2)O1. The predicted molar refractivity (Wildman–Crippen MR) is 96.8 cm³/mol. The highest BCUT2D eigenvalue weighted by Crippen LogP contribution is 2.28. The molecule has 1 fully saturated rings. The molecule has 6 nitrogen and oxygen atoms in total. The molecule has 6 heteroatoms. The monoisotopic (exact) mass is 354 g/mol. The number of carbonyl (C=O) groups excluding carboxylic acids is 2. The number of nitrogens with two attached hydrogens (primary N) is 1. The van der Waals surface area contributed by atoms with Crippen LogP contribution in [0.25, 0.3) is 0 Å². The second-order valence-electron chi connectivity index (χ2n) is 6.31. The van der Waals surface area contributed by atoms with Gasteiger partial charge in [-0.3, -0.25) is 9.59 Å². The maximum Gasteiger partial charge on any atom is 0.257 e. The highest BCUT2D eigenvalue weighted by molar-refractivity contribution is 5.97. The molecule has 3 rings (SSSR count). The first kappa shape index (κ1) is 17.9. The first-order valence-corrected chi connectivity index (χ1v) is 8.54. The lowest BCUT2D eigenvalue weighted by Crippen LogP contribution is -2.46. The van der Waals surface area contributed by atoms with E-state index in [0.29, 0.717) is 24.4 Å². The molecule has 0 aromatic heterocycles. The molecule has 0 aliphatic carbocycles. The van der Waals surface area contributed by atoms with E-state index in [2.05, 4.69) is 0 Å². The van der Waals surface area contributed by atoms with Crippen molar-refractivity contribution in [3.05, 3.63) is 65.7 Å². The maximum atomic E-state index is 13.1. The Labute approximate surface area is 152 Å². The summed E-state index contributed by atoms with van der Waals surface area (Å²) in [5.74, 6) is -0.385. The second-order valence-corrected chi connectivity index (χ2v) is 6.31. The fraction of sp³-hybridized carbons (Fsp3) is 0.300. The van der Waals surface area contributed by atoms with Crippen molar-refractivity contribution in [2.45, 2.75) is 19.1 Å². The van der Waals surface area contributed by atoms with Crippen LogP contribution in [0.1, 0.15) is 28.9 Å². The molecule has 2 aromatic rings. The number of carbonyl (C=O) groups is 2. The lowest BCUT2D eigenvalue weighted by molar-refractivity contribution is -0.119. The van der Waals surface area contributed by atoms with Gasteiger partial charge in [0, 0.05) is 6.54 Å². The Morgan fingerprint density at radius 3 is 2.54 bits per heavy atom. The largest absolute Gasteiger partial charge is 0.483 e. The first-order valence-electron chi connectivity index (χ1n) is 8.54. The van der Waals surface area contributed by atoms with E-state index in [1.165, 1.54) is 0 Å². The van der Waals surface area contributed by atoms with Crippen molar-refractivity contribution in [1.82, 2.24) is 4.90 Å². The Kier molecular flexibility index (Phi) is 5.53. The molecular formula is C20H22N2O4. The molecule has 1 aliphatic rings. The fourth-order valence-electron chi connectivity index (χ4n) is 3.06. The van der Waals surface area contributed by atoms with Crippen LogP contribution < -0.4 is 10.5 Å². The summed E-state index contributed by atoms with van der Waals surface area (Å²) in [5, 5.41) is 0. The lowest BCUT2D eigenvalue weighted by Gasteiger charge is -2.37. The summed E-state index contributed by atoms with van der Waals surface area (Å²) in [6.45, 7) is 2.63. The summed E-state index contributed by atoms with van der Waals surface area (Å²) in [6, 6.07) is 16.7. The number of primary amides is 1. The van der Waals surface area contributed by atoms with E-state index in [0.717, 1.165) is 5.56 Å². The van der Waals surface area contributed by atoms with Crippen molar-refractivity contribution in [2.24, 2.45) is 5.73 Å². The van der Waals surface area contributed by atoms with Crippen LogP contribution in [0.4, 0.5) is 0 Å². The number of hydrogen-bond donors (Lipinski definition) is 1. The van der Waals surface area contributed by atoms with E-state index in [-0.39, 0.29) is 24.7 Å². The van der Waals surface area contributed by atoms with E-state index in [1.807, 2.05) is 37.3 Å². The molecule has 2 atom stereocenters. The van der Waals surface area contributed by atoms with Gasteiger partial charge in [-0.25, -0.2) is 0 Å². The second kappa shape index (κ2) is 8.01. The molecule has 2 amide bonds. The van der Waals surface area contributed by atoms with Crippen molar-refractivity contribution >= 4 is 11.8 Å². The van der Waals surface area contributed by atoms with Crippen molar-refractivity contribution in [3.63, 3.8) is 0 Å². The van der Waals surface area contributed by atoms with Gasteiger partial charge < -0.3 is 20.1 Å². The minimum atomic E-state index is -0.587. The van der Waals surface area contributed by atoms with E-state index >= 15 is 0 Å². The van der Waals surface area contributed by atoms with E-state index in [4.69, 9.17) is 15.2 Å². The molecule has 0 unspecified atom stereocenters. The van der Waals surface area contributed by atoms with Crippen LogP contribution in [0.2, 0.25) is 0 Å². The number of morpholine rings is 1. The van der Waals surface area contributed by atoms with Gasteiger partial charge in [-0.1, -0.05) is 42.5 Å². The molecule has 2 N–H and O–H groups in total. The van der Waals surface area contributed by atoms with Gasteiger partial charge in [0.15, 0.2) is 6.61 Å². The summed E-state index contributed by atoms with van der Waals surface area (Å²) in [5.41, 5.74) is 6.58. The topological polar surface area (TPSA) is 81.9 Å². The van der Waals surface area contributed by atoms with Gasteiger partial charge in [-0.15, -0.1) is 0 Å². The molecular weight excluding hydrogens is 332 g/mol. The number of ether oxygens (including phenoxy) is 2. The normalized spacial score (nSPS) is 19.8. The summed E-state index contributed by atoms with van der Waals surface area (Å²) < 4.78 is 11.4. The third kappa shape index (κ3) is 4.21. The van der Waals surface area contributed by atoms with Crippen LogP contribution in [0.15, 0.2) is 54.6 Å². The van der Waals surface area contributed by atoms with Gasteiger partial charge in [0.2, 0.25) is 0 Å². The summed E-state index contributed by atoms with van der Waals surface area (Å²) in [7, 11) is 0. The number of amides is 2. The average Bonchev–Trinajstić information content (AvgIpc) is 2.66. The molecule has 1 saturated heterocycles. The third-order valence-electron chi connectivity index (χ3n) is 4.21. The fourth-order valence-corrected chi connectivity index (χ4v) is 3.06. The lowest BCUT2D eigenvalue weighted by atomic mass is 10.1. The van der Waals surface area contributed by atoms with Gasteiger partial charge in [-0.2, -0.15) is 0 Å². The quantitative estimate of drug-likeness (QED) is 0.892. The Bertz CT molecular complexity index is 778. The molecule has 2 aromatic carbocycles. The molecule has 1 heterocycles. The molecule has 136 valence electrons. The van der Waals surface area contributed by atoms with Crippen molar-refractivity contribution in [2.75, 3.05) is 19.7 Å². The zero-order valence-electron chi connectivity index (χ0n) is 14.6. The summed E-state index contributed by atoms with van der Waals surface area (Å²) in [4.78, 5) is 25.8. The van der Waals surface area contributed by atoms with Crippen molar-refractivity contribution in [1.29, 1.82) is 0 Å². The zero-order chi connectivity index (χ0) is 18.5. The minimum absolute atomic E-state index is 0.0865. The smallest absolute Gasteiger partial charge is 0.257 e. The number of hydrogen-bond acceptors (Lipinski definition) is 4. The maximum absolute atomic E-state index is 13.1. The van der Waals surface area contributed by atoms with Crippen LogP contribution in [-0.4, -0.2) is 42.5 Å². The molecule has 0 saturated carbocycles. The minimum Gasteiger partial charge on any atom is -0.483 e. The Hall–Kier alpha value is -2.86. The standard InChI is InChI=1S/C20H22N2O4/c1-14-11-22(12-18(26-14)15-7-3-2-4-8-15)20(24)16-9-5-6-10-17(16)25-13-19(21)23/h2-10,14,18H,11-13H2,1H3,(H2,21,23)/t14-,18-/m0/s1. The summed E-state index contributed by atoms with van der Waals surface area (Å²) in [6.07, 6.45) is -0.265. The summed E-state index contributed by atoms with van der Waals surface area (Å²) >= 11 is 0. The van der Waals surface area contributed by atoms with Gasteiger partial charge in [0.1, 0.15) is 11.9 Å². The number of benzene rings is 2. The zero-order valence-corrected chi connectivity index (χ0v) is 14.6. The Morgan fingerprint density at radius 2 is 1.81 bits per heavy atom. The van der Waals surface area contributed by atoms with Crippen LogP contribution >= 0.6 is 0 Å². The number of rotatable bonds is 5. The molecule has 1 aliphatic heterocycles. The first-order chi connectivity index (χ1) is 12.5. The van der Waals surface area contributed by atoms with E-state index in [1.54, 1.807) is 29.2 Å². The molecule has 26 heavy (non-hydrogen) atoms. The third-order valence-corrected chi connectivity index (χ3v) is 4.21. The van der Waals surface area contributed by atoms with Gasteiger partial charge in [0.25, 0.3) is 11.8 Å². The van der Waals surface area contributed by atoms with Crippen LogP contribution in [-0.2, 0) is 9.53 Å². The Balaban J connectivity index is 1.80. The van der Waals surface area contributed by atoms with Gasteiger partial charge >= 0.3 is 0 Å². The Morgan fingerprint density at radius 1 is 1.12 bits per heavy atom. The number of nitrogens with zero attached hydrogens (tertiary/aromatic N) is 1. The molecule has 0 bridgehead atoms. The van der Waals surface area contributed by atoms with Crippen molar-refractivity contribution < 1.29 is 19.1 Å². The van der Waals surface area contributed by atoms with Crippen LogP contribution in [0, 0.1) is 0 Å². The van der Waals surface area contributed by atoms with Gasteiger partial charge in [0.05, 0.1) is 18.2 Å². The highest BCUT2D eigenvalue weighted by atomic mass is 16.5. The van der Waals surface area contributed by atoms with Crippen molar-refractivity contribution in [3.8, 4) is 5.75 Å². The average molecular weight is 354 g/mol. The van der Waals surface area contributed by atoms with Crippen LogP contribution in [0.3, 0.4) is 0 Å². The van der Waals surface area contributed by atoms with E-state index < -0.39 is 5.91 Å². The van der Waals surface area contributed by atoms with Crippen LogP contribution in [0.5, 0.6) is 5.75 Å². The molecule has 0 spiro atoms.